The van der Waals surface area contributed by atoms with Gasteiger partial charge in [0.2, 0.25) is 0 Å². The molecule has 2 nitrogen and oxygen atoms in total. The van der Waals surface area contributed by atoms with Crippen LogP contribution in [0.4, 0.5) is 0 Å². The van der Waals surface area contributed by atoms with Gasteiger partial charge in [-0.3, -0.25) is 0 Å². The van der Waals surface area contributed by atoms with Gasteiger partial charge in [-0.1, -0.05) is 39.5 Å². The molecule has 0 atom stereocenters. The number of hydrogen-bond donors (Lipinski definition) is 1. The third-order valence-corrected chi connectivity index (χ3v) is 4.04. The third kappa shape index (κ3) is 7.05. The normalized spacial score (nSPS) is 25.1. The Morgan fingerprint density at radius 1 is 1.00 bits per heavy atom. The van der Waals surface area contributed by atoms with Crippen LogP contribution < -0.4 is 5.32 Å². The second kappa shape index (κ2) is 9.90. The smallest absolute Gasteiger partial charge is 0.0590 e. The lowest BCUT2D eigenvalue weighted by Gasteiger charge is -2.27. The van der Waals surface area contributed by atoms with Gasteiger partial charge >= 0.3 is 0 Å². The van der Waals surface area contributed by atoms with Crippen molar-refractivity contribution >= 4 is 0 Å². The molecule has 1 aliphatic rings. The first kappa shape index (κ1) is 15.0. The number of unbranched alkanes of at least 4 members (excludes halogenated alkanes) is 1. The van der Waals surface area contributed by atoms with E-state index in [1.807, 2.05) is 0 Å². The van der Waals surface area contributed by atoms with Crippen LogP contribution in [0, 0.1) is 11.8 Å². The molecule has 0 aromatic heterocycles. The molecule has 0 aliphatic heterocycles. The highest BCUT2D eigenvalue weighted by molar-refractivity contribution is 4.73. The maximum Gasteiger partial charge on any atom is 0.0590 e. The van der Waals surface area contributed by atoms with Crippen LogP contribution in [0.3, 0.4) is 0 Å². The second-order valence-corrected chi connectivity index (χ2v) is 5.47. The van der Waals surface area contributed by atoms with Gasteiger partial charge in [-0.05, 0) is 37.6 Å². The molecule has 1 rings (SSSR count). The molecule has 0 spiro atoms. The monoisotopic (exact) mass is 241 g/mol. The first-order valence-electron chi connectivity index (χ1n) is 7.65. The molecule has 17 heavy (non-hydrogen) atoms. The minimum absolute atomic E-state index is 0.879. The van der Waals surface area contributed by atoms with Gasteiger partial charge in [0, 0.05) is 13.2 Å². The first-order valence-corrected chi connectivity index (χ1v) is 7.65. The first-order chi connectivity index (χ1) is 8.36. The Kier molecular flexibility index (Phi) is 8.72. The Labute approximate surface area is 108 Å². The Balaban J connectivity index is 1.87. The standard InChI is InChI=1S/C15H31NO/c1-3-5-11-17-12-10-16-13-15-8-6-14(4-2)7-9-15/h14-16H,3-13H2,1-2H3. The van der Waals surface area contributed by atoms with E-state index in [0.717, 1.165) is 31.6 Å². The molecule has 1 N–H and O–H groups in total. The topological polar surface area (TPSA) is 21.3 Å². The van der Waals surface area contributed by atoms with Gasteiger partial charge in [-0.15, -0.1) is 0 Å². The van der Waals surface area contributed by atoms with Crippen LogP contribution in [0.15, 0.2) is 0 Å². The Hall–Kier alpha value is -0.0800. The third-order valence-electron chi connectivity index (χ3n) is 4.04. The molecule has 1 fully saturated rings. The van der Waals surface area contributed by atoms with Crippen molar-refractivity contribution in [3.05, 3.63) is 0 Å². The molecule has 0 radical (unpaired) electrons. The summed E-state index contributed by atoms with van der Waals surface area (Å²) in [5, 5.41) is 3.54. The lowest BCUT2D eigenvalue weighted by molar-refractivity contribution is 0.131. The minimum Gasteiger partial charge on any atom is -0.380 e. The predicted octanol–water partition coefficient (Wildman–Crippen LogP) is 3.61. The van der Waals surface area contributed by atoms with Crippen molar-refractivity contribution in [1.82, 2.24) is 5.32 Å². The van der Waals surface area contributed by atoms with E-state index in [4.69, 9.17) is 4.74 Å². The molecule has 0 aromatic carbocycles. The highest BCUT2D eigenvalue weighted by atomic mass is 16.5. The van der Waals surface area contributed by atoms with E-state index in [9.17, 15) is 0 Å². The summed E-state index contributed by atoms with van der Waals surface area (Å²) in [6, 6.07) is 0. The molecule has 2 heteroatoms. The van der Waals surface area contributed by atoms with Crippen molar-refractivity contribution in [1.29, 1.82) is 0 Å². The molecule has 0 amide bonds. The number of nitrogens with one attached hydrogen (secondary N) is 1. The zero-order valence-corrected chi connectivity index (χ0v) is 11.8. The van der Waals surface area contributed by atoms with E-state index in [0.29, 0.717) is 0 Å². The largest absolute Gasteiger partial charge is 0.380 e. The summed E-state index contributed by atoms with van der Waals surface area (Å²) >= 11 is 0. The lowest BCUT2D eigenvalue weighted by atomic mass is 9.81. The zero-order chi connectivity index (χ0) is 12.3. The van der Waals surface area contributed by atoms with Gasteiger partial charge in [0.25, 0.3) is 0 Å². The lowest BCUT2D eigenvalue weighted by Crippen LogP contribution is -2.29. The van der Waals surface area contributed by atoms with Crippen LogP contribution in [-0.2, 0) is 4.74 Å². The highest BCUT2D eigenvalue weighted by Crippen LogP contribution is 2.29. The van der Waals surface area contributed by atoms with E-state index >= 15 is 0 Å². The average Bonchev–Trinajstić information content (AvgIpc) is 2.38. The fourth-order valence-electron chi connectivity index (χ4n) is 2.64. The van der Waals surface area contributed by atoms with Crippen LogP contribution >= 0.6 is 0 Å². The van der Waals surface area contributed by atoms with Crippen molar-refractivity contribution in [2.24, 2.45) is 11.8 Å². The Morgan fingerprint density at radius 2 is 1.71 bits per heavy atom. The van der Waals surface area contributed by atoms with Crippen LogP contribution in [0.2, 0.25) is 0 Å². The number of ether oxygens (including phenoxy) is 1. The van der Waals surface area contributed by atoms with Crippen molar-refractivity contribution in [3.8, 4) is 0 Å². The summed E-state index contributed by atoms with van der Waals surface area (Å²) in [5.41, 5.74) is 0. The summed E-state index contributed by atoms with van der Waals surface area (Å²) in [6.07, 6.45) is 9.58. The van der Waals surface area contributed by atoms with E-state index in [2.05, 4.69) is 19.2 Å². The van der Waals surface area contributed by atoms with Crippen molar-refractivity contribution in [3.63, 3.8) is 0 Å². The van der Waals surface area contributed by atoms with Gasteiger partial charge in [-0.2, -0.15) is 0 Å². The summed E-state index contributed by atoms with van der Waals surface area (Å²) < 4.78 is 5.54. The van der Waals surface area contributed by atoms with Crippen LogP contribution in [0.5, 0.6) is 0 Å². The maximum atomic E-state index is 5.54. The predicted molar refractivity (Wildman–Crippen MR) is 74.3 cm³/mol. The Morgan fingerprint density at radius 3 is 2.35 bits per heavy atom. The SMILES string of the molecule is CCCCOCCNCC1CCC(CC)CC1. The second-order valence-electron chi connectivity index (χ2n) is 5.47. The molecule has 102 valence electrons. The summed E-state index contributed by atoms with van der Waals surface area (Å²) in [7, 11) is 0. The number of hydrogen-bond acceptors (Lipinski definition) is 2. The quantitative estimate of drug-likeness (QED) is 0.623. The van der Waals surface area contributed by atoms with E-state index < -0.39 is 0 Å². The molecular formula is C15H31NO. The highest BCUT2D eigenvalue weighted by Gasteiger charge is 2.19. The van der Waals surface area contributed by atoms with Crippen LogP contribution in [0.25, 0.3) is 0 Å². The molecule has 0 heterocycles. The summed E-state index contributed by atoms with van der Waals surface area (Å²) in [5.74, 6) is 1.94. The zero-order valence-electron chi connectivity index (χ0n) is 11.8. The molecule has 0 bridgehead atoms. The van der Waals surface area contributed by atoms with Gasteiger partial charge in [-0.25, -0.2) is 0 Å². The Bertz CT molecular complexity index is 164. The molecule has 0 unspecified atom stereocenters. The summed E-state index contributed by atoms with van der Waals surface area (Å²) in [6.45, 7) is 8.57. The molecule has 0 saturated heterocycles. The van der Waals surface area contributed by atoms with E-state index in [1.165, 1.54) is 51.5 Å². The minimum atomic E-state index is 0.879. The van der Waals surface area contributed by atoms with Crippen LogP contribution in [0.1, 0.15) is 58.8 Å². The number of rotatable bonds is 9. The molecule has 1 saturated carbocycles. The molecule has 0 aromatic rings. The fourth-order valence-corrected chi connectivity index (χ4v) is 2.64. The average molecular weight is 241 g/mol. The fraction of sp³-hybridized carbons (Fsp3) is 1.00. The van der Waals surface area contributed by atoms with Gasteiger partial charge in [0.05, 0.1) is 6.61 Å². The van der Waals surface area contributed by atoms with Gasteiger partial charge in [0.15, 0.2) is 0 Å². The van der Waals surface area contributed by atoms with Crippen molar-refractivity contribution in [2.75, 3.05) is 26.3 Å². The van der Waals surface area contributed by atoms with E-state index in [-0.39, 0.29) is 0 Å². The van der Waals surface area contributed by atoms with Gasteiger partial charge in [0.1, 0.15) is 0 Å². The van der Waals surface area contributed by atoms with Gasteiger partial charge < -0.3 is 10.1 Å². The molecule has 1 aliphatic carbocycles. The maximum absolute atomic E-state index is 5.54. The van der Waals surface area contributed by atoms with Crippen LogP contribution in [-0.4, -0.2) is 26.3 Å². The molecular weight excluding hydrogens is 210 g/mol. The van der Waals surface area contributed by atoms with Crippen molar-refractivity contribution < 1.29 is 4.74 Å². The van der Waals surface area contributed by atoms with E-state index in [1.54, 1.807) is 0 Å². The van der Waals surface area contributed by atoms with Crippen molar-refractivity contribution in [2.45, 2.75) is 58.8 Å². The summed E-state index contributed by atoms with van der Waals surface area (Å²) in [4.78, 5) is 0.